The minimum atomic E-state index is -0.273. The lowest BCUT2D eigenvalue weighted by atomic mass is 10.0. The minimum Gasteiger partial charge on any atom is -0.474 e. The molecule has 1 aromatic heterocycles. The average Bonchev–Trinajstić information content (AvgIpc) is 2.64. The number of carbonyl (C=O) groups is 1. The predicted molar refractivity (Wildman–Crippen MR) is 101 cm³/mol. The van der Waals surface area contributed by atoms with Gasteiger partial charge in [-0.3, -0.25) is 4.79 Å². The minimum absolute atomic E-state index is 0.105. The van der Waals surface area contributed by atoms with Crippen LogP contribution in [0.2, 0.25) is 0 Å². The van der Waals surface area contributed by atoms with Crippen LogP contribution in [0, 0.1) is 5.82 Å². The van der Waals surface area contributed by atoms with Gasteiger partial charge in [0.1, 0.15) is 29.8 Å². The monoisotopic (exact) mass is 377 g/mol. The molecule has 0 aliphatic carbocycles. The number of anilines is 2. The summed E-state index contributed by atoms with van der Waals surface area (Å²) in [7, 11) is 0. The number of carbonyl (C=O) groups excluding carboxylic acids is 1. The Labute approximate surface area is 157 Å². The zero-order valence-electron chi connectivity index (χ0n) is 14.8. The van der Waals surface area contributed by atoms with E-state index < -0.39 is 0 Å². The number of nitrogens with one attached hydrogen (secondary N) is 1. The summed E-state index contributed by atoms with van der Waals surface area (Å²) in [6, 6.07) is 8.13. The van der Waals surface area contributed by atoms with Crippen LogP contribution in [0.5, 0.6) is 5.88 Å². The molecule has 2 heterocycles. The van der Waals surface area contributed by atoms with Gasteiger partial charge in [0.15, 0.2) is 0 Å². The fourth-order valence-electron chi connectivity index (χ4n) is 3.04. The molecule has 1 aliphatic rings. The lowest BCUT2D eigenvalue weighted by Gasteiger charge is -2.34. The molecule has 1 aliphatic heterocycles. The maximum atomic E-state index is 13.2. The summed E-state index contributed by atoms with van der Waals surface area (Å²) in [4.78, 5) is 18.5. The third-order valence-corrected chi connectivity index (χ3v) is 4.47. The first-order valence-electron chi connectivity index (χ1n) is 8.56. The van der Waals surface area contributed by atoms with Gasteiger partial charge in [0.25, 0.3) is 0 Å². The maximum absolute atomic E-state index is 13.2. The standard InChI is InChI=1S/C19H21ClFN3O2/c1-3-22-18-14(8-13-4-6-15(21)7-5-13)9-16-19(23-18)26-11-12(2)24(16)17(25)10-20/h4-7,9,12H,3,8,10-11H2,1-2H3,(H,22,23). The van der Waals surface area contributed by atoms with E-state index >= 15 is 0 Å². The summed E-state index contributed by atoms with van der Waals surface area (Å²) in [6.07, 6.45) is 0.556. The first kappa shape index (κ1) is 18.5. The molecule has 26 heavy (non-hydrogen) atoms. The summed E-state index contributed by atoms with van der Waals surface area (Å²) < 4.78 is 18.9. The van der Waals surface area contributed by atoms with Gasteiger partial charge in [-0.15, -0.1) is 11.6 Å². The third-order valence-electron chi connectivity index (χ3n) is 4.24. The predicted octanol–water partition coefficient (Wildman–Crippen LogP) is 3.60. The van der Waals surface area contributed by atoms with Gasteiger partial charge >= 0.3 is 0 Å². The molecule has 3 rings (SSSR count). The highest BCUT2D eigenvalue weighted by molar-refractivity contribution is 6.29. The summed E-state index contributed by atoms with van der Waals surface area (Å²) in [6.45, 7) is 4.95. The van der Waals surface area contributed by atoms with Crippen molar-refractivity contribution in [3.05, 3.63) is 47.3 Å². The number of hydrogen-bond donors (Lipinski definition) is 1. The van der Waals surface area contributed by atoms with E-state index in [0.717, 1.165) is 11.1 Å². The fraction of sp³-hybridized carbons (Fsp3) is 0.368. The molecular weight excluding hydrogens is 357 g/mol. The molecule has 0 fully saturated rings. The van der Waals surface area contributed by atoms with Crippen LogP contribution in [0.1, 0.15) is 25.0 Å². The van der Waals surface area contributed by atoms with Gasteiger partial charge in [-0.1, -0.05) is 12.1 Å². The third kappa shape index (κ3) is 3.75. The van der Waals surface area contributed by atoms with Crippen LogP contribution in [-0.2, 0) is 11.2 Å². The van der Waals surface area contributed by atoms with Gasteiger partial charge in [0.2, 0.25) is 11.8 Å². The highest BCUT2D eigenvalue weighted by Crippen LogP contribution is 2.36. The van der Waals surface area contributed by atoms with Gasteiger partial charge in [-0.25, -0.2) is 4.39 Å². The fourth-order valence-corrected chi connectivity index (χ4v) is 3.17. The molecule has 1 aromatic carbocycles. The number of hydrogen-bond acceptors (Lipinski definition) is 4. The van der Waals surface area contributed by atoms with Crippen LogP contribution in [0.3, 0.4) is 0 Å². The Morgan fingerprint density at radius 3 is 2.81 bits per heavy atom. The lowest BCUT2D eigenvalue weighted by Crippen LogP contribution is -2.46. The summed E-state index contributed by atoms with van der Waals surface area (Å²) in [5.74, 6) is 0.551. The number of ether oxygens (including phenoxy) is 1. The van der Waals surface area contributed by atoms with Crippen LogP contribution in [0.4, 0.5) is 15.9 Å². The van der Waals surface area contributed by atoms with Crippen molar-refractivity contribution in [2.45, 2.75) is 26.3 Å². The molecule has 1 unspecified atom stereocenters. The smallest absolute Gasteiger partial charge is 0.242 e. The van der Waals surface area contributed by atoms with E-state index in [1.807, 2.05) is 19.9 Å². The number of benzene rings is 1. The second-order valence-electron chi connectivity index (χ2n) is 6.21. The SMILES string of the molecule is CCNc1nc2c(cc1Cc1ccc(F)cc1)N(C(=O)CCl)C(C)CO2. The van der Waals surface area contributed by atoms with Crippen LogP contribution >= 0.6 is 11.6 Å². The lowest BCUT2D eigenvalue weighted by molar-refractivity contribution is -0.117. The summed E-state index contributed by atoms with van der Waals surface area (Å²) in [5, 5.41) is 3.23. The van der Waals surface area contributed by atoms with Crippen LogP contribution in [-0.4, -0.2) is 36.0 Å². The first-order valence-corrected chi connectivity index (χ1v) is 9.10. The zero-order chi connectivity index (χ0) is 18.7. The van der Waals surface area contributed by atoms with Gasteiger partial charge < -0.3 is 15.0 Å². The van der Waals surface area contributed by atoms with Crippen LogP contribution in [0.15, 0.2) is 30.3 Å². The number of amides is 1. The van der Waals surface area contributed by atoms with E-state index in [1.54, 1.807) is 17.0 Å². The van der Waals surface area contributed by atoms with E-state index in [4.69, 9.17) is 16.3 Å². The van der Waals surface area contributed by atoms with Crippen molar-refractivity contribution < 1.29 is 13.9 Å². The van der Waals surface area contributed by atoms with Crippen molar-refractivity contribution in [2.75, 3.05) is 29.2 Å². The molecule has 7 heteroatoms. The number of pyridine rings is 1. The Morgan fingerprint density at radius 1 is 1.42 bits per heavy atom. The molecule has 0 saturated heterocycles. The molecule has 5 nitrogen and oxygen atoms in total. The quantitative estimate of drug-likeness (QED) is 0.809. The Hall–Kier alpha value is -2.34. The van der Waals surface area contributed by atoms with Gasteiger partial charge in [-0.05, 0) is 37.6 Å². The van der Waals surface area contributed by atoms with Crippen molar-refractivity contribution in [2.24, 2.45) is 0 Å². The number of rotatable bonds is 5. The second kappa shape index (κ2) is 7.91. The Kier molecular flexibility index (Phi) is 5.61. The van der Waals surface area contributed by atoms with Crippen molar-refractivity contribution in [1.82, 2.24) is 4.98 Å². The average molecular weight is 378 g/mol. The molecule has 138 valence electrons. The Morgan fingerprint density at radius 2 is 2.15 bits per heavy atom. The molecule has 1 N–H and O–H groups in total. The Bertz CT molecular complexity index is 798. The topological polar surface area (TPSA) is 54.5 Å². The summed E-state index contributed by atoms with van der Waals surface area (Å²) in [5.41, 5.74) is 2.47. The molecular formula is C19H21ClFN3O2. The molecule has 0 bridgehead atoms. The first-order chi connectivity index (χ1) is 12.5. The van der Waals surface area contributed by atoms with Gasteiger partial charge in [-0.2, -0.15) is 4.98 Å². The Balaban J connectivity index is 2.03. The molecule has 2 aromatic rings. The van der Waals surface area contributed by atoms with Crippen molar-refractivity contribution >= 4 is 29.0 Å². The highest BCUT2D eigenvalue weighted by atomic mass is 35.5. The van der Waals surface area contributed by atoms with E-state index in [2.05, 4.69) is 10.3 Å². The largest absolute Gasteiger partial charge is 0.474 e. The highest BCUT2D eigenvalue weighted by Gasteiger charge is 2.31. The molecule has 0 saturated carbocycles. The maximum Gasteiger partial charge on any atom is 0.242 e. The van der Waals surface area contributed by atoms with E-state index in [1.165, 1.54) is 12.1 Å². The van der Waals surface area contributed by atoms with Crippen molar-refractivity contribution in [3.63, 3.8) is 0 Å². The number of nitrogens with zero attached hydrogens (tertiary/aromatic N) is 2. The van der Waals surface area contributed by atoms with E-state index in [0.29, 0.717) is 37.0 Å². The van der Waals surface area contributed by atoms with Crippen molar-refractivity contribution in [1.29, 1.82) is 0 Å². The van der Waals surface area contributed by atoms with Crippen LogP contribution in [0.25, 0.3) is 0 Å². The number of aromatic nitrogens is 1. The zero-order valence-corrected chi connectivity index (χ0v) is 15.5. The van der Waals surface area contributed by atoms with Gasteiger partial charge in [0, 0.05) is 18.5 Å². The van der Waals surface area contributed by atoms with Crippen molar-refractivity contribution in [3.8, 4) is 5.88 Å². The normalized spacial score (nSPS) is 16.0. The number of fused-ring (bicyclic) bond motifs is 1. The number of halogens is 2. The second-order valence-corrected chi connectivity index (χ2v) is 6.48. The molecule has 1 atom stereocenters. The summed E-state index contributed by atoms with van der Waals surface area (Å²) >= 11 is 5.78. The van der Waals surface area contributed by atoms with Crippen LogP contribution < -0.4 is 15.0 Å². The number of alkyl halides is 1. The molecule has 0 spiro atoms. The van der Waals surface area contributed by atoms with Gasteiger partial charge in [0.05, 0.1) is 6.04 Å². The molecule has 0 radical (unpaired) electrons. The van der Waals surface area contributed by atoms with E-state index in [9.17, 15) is 9.18 Å². The van der Waals surface area contributed by atoms with E-state index in [-0.39, 0.29) is 23.6 Å². The molecule has 1 amide bonds.